The molecule has 1 aromatic heterocycles. The smallest absolute Gasteiger partial charge is 0.267 e. The Morgan fingerprint density at radius 1 is 1.55 bits per heavy atom. The van der Waals surface area contributed by atoms with Crippen LogP contribution in [-0.2, 0) is 0 Å². The molecule has 20 heavy (non-hydrogen) atoms. The predicted octanol–water partition coefficient (Wildman–Crippen LogP) is 2.67. The molecule has 0 bridgehead atoms. The van der Waals surface area contributed by atoms with E-state index in [2.05, 4.69) is 24.1 Å². The van der Waals surface area contributed by atoms with Crippen molar-refractivity contribution >= 4 is 28.2 Å². The van der Waals surface area contributed by atoms with E-state index in [1.807, 2.05) is 11.8 Å². The summed E-state index contributed by atoms with van der Waals surface area (Å²) in [6.07, 6.45) is 2.48. The van der Waals surface area contributed by atoms with E-state index in [9.17, 15) is 4.79 Å². The lowest BCUT2D eigenvalue weighted by Crippen LogP contribution is -2.32. The van der Waals surface area contributed by atoms with Crippen molar-refractivity contribution in [2.24, 2.45) is 11.8 Å². The zero-order valence-corrected chi connectivity index (χ0v) is 13.3. The number of rotatable bonds is 7. The molecule has 0 aliphatic heterocycles. The second-order valence-electron chi connectivity index (χ2n) is 5.80. The van der Waals surface area contributed by atoms with Crippen LogP contribution >= 0.6 is 11.3 Å². The van der Waals surface area contributed by atoms with Crippen molar-refractivity contribution in [1.82, 2.24) is 9.88 Å². The number of nitrogens with zero attached hydrogens (tertiary/aromatic N) is 2. The Balaban J connectivity index is 2.04. The number of anilines is 2. The molecule has 3 N–H and O–H groups in total. The van der Waals surface area contributed by atoms with Crippen molar-refractivity contribution in [2.45, 2.75) is 33.6 Å². The predicted molar refractivity (Wildman–Crippen MR) is 84.2 cm³/mol. The second kappa shape index (κ2) is 6.43. The van der Waals surface area contributed by atoms with E-state index in [4.69, 9.17) is 5.73 Å². The molecule has 6 heteroatoms. The van der Waals surface area contributed by atoms with Crippen molar-refractivity contribution in [2.75, 3.05) is 30.7 Å². The first-order valence-corrected chi connectivity index (χ1v) is 8.12. The third-order valence-electron chi connectivity index (χ3n) is 3.35. The quantitative estimate of drug-likeness (QED) is 0.811. The van der Waals surface area contributed by atoms with E-state index in [0.717, 1.165) is 24.8 Å². The van der Waals surface area contributed by atoms with Crippen molar-refractivity contribution in [3.05, 3.63) is 4.88 Å². The van der Waals surface area contributed by atoms with Crippen molar-refractivity contribution in [3.8, 4) is 0 Å². The van der Waals surface area contributed by atoms with E-state index in [-0.39, 0.29) is 5.91 Å². The van der Waals surface area contributed by atoms with Gasteiger partial charge in [-0.1, -0.05) is 25.2 Å². The normalized spacial score (nSPS) is 14.6. The molecule has 0 unspecified atom stereocenters. The summed E-state index contributed by atoms with van der Waals surface area (Å²) in [5, 5.41) is 3.96. The first-order chi connectivity index (χ1) is 9.51. The first kappa shape index (κ1) is 15.1. The maximum absolute atomic E-state index is 12.5. The summed E-state index contributed by atoms with van der Waals surface area (Å²) in [6, 6.07) is 0. The van der Waals surface area contributed by atoms with Crippen LogP contribution in [0.2, 0.25) is 0 Å². The number of nitrogens with two attached hydrogens (primary N) is 1. The highest BCUT2D eigenvalue weighted by Gasteiger charge is 2.28. The van der Waals surface area contributed by atoms with Crippen molar-refractivity contribution in [3.63, 3.8) is 0 Å². The minimum Gasteiger partial charge on any atom is -0.382 e. The van der Waals surface area contributed by atoms with Gasteiger partial charge in [0.05, 0.1) is 0 Å². The molecule has 0 spiro atoms. The summed E-state index contributed by atoms with van der Waals surface area (Å²) in [5.74, 6) is 1.58. The molecular formula is C14H24N4OS. The summed E-state index contributed by atoms with van der Waals surface area (Å²) in [4.78, 5) is 19.2. The fourth-order valence-electron chi connectivity index (χ4n) is 1.96. The van der Waals surface area contributed by atoms with Crippen LogP contribution in [-0.4, -0.2) is 35.4 Å². The van der Waals surface area contributed by atoms with Crippen LogP contribution in [0.1, 0.15) is 43.3 Å². The van der Waals surface area contributed by atoms with E-state index in [1.165, 1.54) is 24.2 Å². The molecule has 0 radical (unpaired) electrons. The van der Waals surface area contributed by atoms with Crippen molar-refractivity contribution < 1.29 is 4.79 Å². The third-order valence-corrected chi connectivity index (χ3v) is 4.37. The molecule has 1 aliphatic rings. The van der Waals surface area contributed by atoms with Crippen LogP contribution < -0.4 is 11.1 Å². The number of hydrogen-bond acceptors (Lipinski definition) is 5. The Morgan fingerprint density at radius 2 is 2.25 bits per heavy atom. The number of amides is 1. The van der Waals surface area contributed by atoms with Gasteiger partial charge in [-0.25, -0.2) is 4.98 Å². The topological polar surface area (TPSA) is 71.2 Å². The number of carbonyl (C=O) groups excluding carboxylic acids is 1. The monoisotopic (exact) mass is 296 g/mol. The van der Waals surface area contributed by atoms with Gasteiger partial charge in [0.15, 0.2) is 5.13 Å². The Hall–Kier alpha value is -1.30. The largest absolute Gasteiger partial charge is 0.382 e. The maximum Gasteiger partial charge on any atom is 0.267 e. The Labute approximate surface area is 124 Å². The average Bonchev–Trinajstić information content (AvgIpc) is 3.14. The highest BCUT2D eigenvalue weighted by atomic mass is 32.1. The maximum atomic E-state index is 12.5. The van der Waals surface area contributed by atoms with Gasteiger partial charge in [0, 0.05) is 19.6 Å². The van der Waals surface area contributed by atoms with Crippen LogP contribution in [0.15, 0.2) is 0 Å². The van der Waals surface area contributed by atoms with Gasteiger partial charge in [-0.05, 0) is 31.6 Å². The molecule has 5 nitrogen and oxygen atoms in total. The number of hydrogen-bond donors (Lipinski definition) is 2. The number of carbonyl (C=O) groups is 1. The summed E-state index contributed by atoms with van der Waals surface area (Å²) in [5.41, 5.74) is 5.90. The number of nitrogens with one attached hydrogen (secondary N) is 1. The summed E-state index contributed by atoms with van der Waals surface area (Å²) in [7, 11) is 0. The summed E-state index contributed by atoms with van der Waals surface area (Å²) in [6.45, 7) is 8.67. The Bertz CT molecular complexity index is 468. The lowest BCUT2D eigenvalue weighted by atomic mass is 10.2. The van der Waals surface area contributed by atoms with Crippen LogP contribution in [0.5, 0.6) is 0 Å². The summed E-state index contributed by atoms with van der Waals surface area (Å²) < 4.78 is 0. The first-order valence-electron chi connectivity index (χ1n) is 7.30. The van der Waals surface area contributed by atoms with E-state index in [0.29, 0.717) is 22.5 Å². The fraction of sp³-hybridized carbons (Fsp3) is 0.714. The van der Waals surface area contributed by atoms with Crippen molar-refractivity contribution in [1.29, 1.82) is 0 Å². The molecule has 1 fully saturated rings. The van der Waals surface area contributed by atoms with E-state index < -0.39 is 0 Å². The summed E-state index contributed by atoms with van der Waals surface area (Å²) >= 11 is 1.36. The van der Waals surface area contributed by atoms with Gasteiger partial charge in [-0.3, -0.25) is 4.79 Å². The molecule has 0 atom stereocenters. The van der Waals surface area contributed by atoms with Gasteiger partial charge in [-0.15, -0.1) is 0 Å². The molecule has 1 amide bonds. The molecule has 1 aliphatic carbocycles. The van der Waals surface area contributed by atoms with Crippen LogP contribution in [0.25, 0.3) is 0 Å². The molecule has 0 aromatic carbocycles. The number of thiazole rings is 1. The standard InChI is InChI=1S/C14H24N4OS/c1-4-18(8-10-5-6-10)13(19)11-12(15)17-14(20-11)16-7-9(2)3/h9-10H,4-8,15H2,1-3H3,(H,16,17). The van der Waals surface area contributed by atoms with Crippen LogP contribution in [0, 0.1) is 11.8 Å². The van der Waals surface area contributed by atoms with Gasteiger partial charge >= 0.3 is 0 Å². The highest BCUT2D eigenvalue weighted by molar-refractivity contribution is 7.18. The second-order valence-corrected chi connectivity index (χ2v) is 6.79. The zero-order chi connectivity index (χ0) is 14.7. The SMILES string of the molecule is CCN(CC1CC1)C(=O)c1sc(NCC(C)C)nc1N. The Morgan fingerprint density at radius 3 is 2.80 bits per heavy atom. The minimum atomic E-state index is 0.0204. The molecule has 1 saturated carbocycles. The van der Waals surface area contributed by atoms with Gasteiger partial charge in [0.2, 0.25) is 0 Å². The molecule has 1 aromatic rings. The van der Waals surface area contributed by atoms with Gasteiger partial charge < -0.3 is 16.0 Å². The number of aromatic nitrogens is 1. The number of nitrogen functional groups attached to an aromatic ring is 1. The molecule has 2 rings (SSSR count). The lowest BCUT2D eigenvalue weighted by Gasteiger charge is -2.19. The minimum absolute atomic E-state index is 0.0204. The highest BCUT2D eigenvalue weighted by Crippen LogP contribution is 2.32. The lowest BCUT2D eigenvalue weighted by molar-refractivity contribution is 0.0762. The fourth-order valence-corrected chi connectivity index (χ4v) is 2.82. The van der Waals surface area contributed by atoms with E-state index >= 15 is 0 Å². The van der Waals surface area contributed by atoms with Crippen LogP contribution in [0.4, 0.5) is 10.9 Å². The molecule has 0 saturated heterocycles. The third kappa shape index (κ3) is 3.85. The Kier molecular flexibility index (Phi) is 4.86. The van der Waals surface area contributed by atoms with E-state index in [1.54, 1.807) is 0 Å². The molecule has 112 valence electrons. The molecule has 1 heterocycles. The average molecular weight is 296 g/mol. The van der Waals surface area contributed by atoms with Crippen LogP contribution in [0.3, 0.4) is 0 Å². The van der Waals surface area contributed by atoms with Gasteiger partial charge in [0.25, 0.3) is 5.91 Å². The van der Waals surface area contributed by atoms with Gasteiger partial charge in [-0.2, -0.15) is 0 Å². The van der Waals surface area contributed by atoms with Gasteiger partial charge in [0.1, 0.15) is 10.7 Å². The molecular weight excluding hydrogens is 272 g/mol. The zero-order valence-electron chi connectivity index (χ0n) is 12.5.